The quantitative estimate of drug-likeness (QED) is 0.391. The number of methoxy groups -OCH3 is 1. The number of halogens is 3. The molecule has 5 rings (SSSR count). The highest BCUT2D eigenvalue weighted by atomic mass is 32.2. The maximum atomic E-state index is 15.2. The van der Waals surface area contributed by atoms with Gasteiger partial charge in [0.05, 0.1) is 7.11 Å². The van der Waals surface area contributed by atoms with Crippen molar-refractivity contribution in [2.24, 2.45) is 0 Å². The van der Waals surface area contributed by atoms with Gasteiger partial charge < -0.3 is 15.0 Å². The van der Waals surface area contributed by atoms with Crippen molar-refractivity contribution in [3.8, 4) is 17.0 Å². The van der Waals surface area contributed by atoms with Gasteiger partial charge in [0.15, 0.2) is 0 Å². The first-order valence-corrected chi connectivity index (χ1v) is 12.8. The van der Waals surface area contributed by atoms with Crippen molar-refractivity contribution in [3.63, 3.8) is 0 Å². The second-order valence-corrected chi connectivity index (χ2v) is 10.0. The van der Waals surface area contributed by atoms with Crippen LogP contribution in [0.1, 0.15) is 0 Å². The minimum absolute atomic E-state index is 0.0840. The summed E-state index contributed by atoms with van der Waals surface area (Å²) in [6.45, 7) is 3.10. The molecule has 2 N–H and O–H groups in total. The second kappa shape index (κ2) is 9.87. The minimum atomic E-state index is -4.46. The molecule has 192 valence electrons. The monoisotopic (exact) mass is 529 g/mol. The number of piperazine rings is 1. The molecule has 4 aromatic rings. The van der Waals surface area contributed by atoms with Crippen molar-refractivity contribution in [3.05, 3.63) is 72.3 Å². The van der Waals surface area contributed by atoms with Crippen LogP contribution in [0.2, 0.25) is 0 Å². The number of aromatic nitrogens is 2. The Hall–Kier alpha value is -3.90. The molecule has 1 aliphatic rings. The van der Waals surface area contributed by atoms with Crippen LogP contribution in [0, 0.1) is 17.5 Å². The molecule has 37 heavy (non-hydrogen) atoms. The summed E-state index contributed by atoms with van der Waals surface area (Å²) < 4.78 is 75.8. The topological polar surface area (TPSA) is 96.5 Å². The highest BCUT2D eigenvalue weighted by Gasteiger charge is 2.23. The lowest BCUT2D eigenvalue weighted by molar-refractivity contribution is 0.400. The van der Waals surface area contributed by atoms with Gasteiger partial charge in [0.25, 0.3) is 10.0 Å². The zero-order valence-corrected chi connectivity index (χ0v) is 20.4. The Kier molecular flexibility index (Phi) is 6.61. The summed E-state index contributed by atoms with van der Waals surface area (Å²) in [5.41, 5.74) is 1.76. The fourth-order valence-corrected chi connectivity index (χ4v) is 5.39. The van der Waals surface area contributed by atoms with E-state index in [2.05, 4.69) is 24.9 Å². The van der Waals surface area contributed by atoms with Gasteiger partial charge in [-0.2, -0.15) is 0 Å². The molecule has 0 aliphatic carbocycles. The first-order valence-electron chi connectivity index (χ1n) is 11.3. The van der Waals surface area contributed by atoms with Gasteiger partial charge in [-0.3, -0.25) is 9.71 Å². The number of sulfonamides is 1. The smallest absolute Gasteiger partial charge is 0.264 e. The van der Waals surface area contributed by atoms with E-state index in [0.717, 1.165) is 44.0 Å². The number of pyridine rings is 2. The van der Waals surface area contributed by atoms with Crippen molar-refractivity contribution < 1.29 is 26.3 Å². The number of fused-ring (bicyclic) bond motifs is 1. The van der Waals surface area contributed by atoms with E-state index in [9.17, 15) is 17.2 Å². The molecule has 0 radical (unpaired) electrons. The summed E-state index contributed by atoms with van der Waals surface area (Å²) >= 11 is 0. The van der Waals surface area contributed by atoms with Gasteiger partial charge in [0, 0.05) is 61.3 Å². The fourth-order valence-electron chi connectivity index (χ4n) is 4.28. The van der Waals surface area contributed by atoms with Crippen LogP contribution in [-0.2, 0) is 10.0 Å². The summed E-state index contributed by atoms with van der Waals surface area (Å²) in [7, 11) is -3.17. The molecule has 0 atom stereocenters. The third kappa shape index (κ3) is 4.89. The molecule has 0 unspecified atom stereocenters. The van der Waals surface area contributed by atoms with Crippen LogP contribution < -0.4 is 19.7 Å². The third-order valence-corrected chi connectivity index (χ3v) is 7.44. The summed E-state index contributed by atoms with van der Waals surface area (Å²) in [6, 6.07) is 8.43. The Labute approximate surface area is 211 Å². The Bertz CT molecular complexity index is 1590. The molecule has 0 amide bonds. The van der Waals surface area contributed by atoms with E-state index in [4.69, 9.17) is 4.74 Å². The molecule has 0 bridgehead atoms. The number of nitrogens with one attached hydrogen (secondary N) is 2. The number of ether oxygens (including phenoxy) is 1. The van der Waals surface area contributed by atoms with Crippen LogP contribution in [0.4, 0.5) is 24.5 Å². The molecule has 2 aromatic heterocycles. The predicted molar refractivity (Wildman–Crippen MR) is 134 cm³/mol. The zero-order valence-electron chi connectivity index (χ0n) is 19.6. The van der Waals surface area contributed by atoms with Gasteiger partial charge in [0.1, 0.15) is 33.6 Å². The third-order valence-electron chi connectivity index (χ3n) is 6.04. The largest absolute Gasteiger partial charge is 0.480 e. The molecule has 12 heteroatoms. The Morgan fingerprint density at radius 2 is 1.76 bits per heavy atom. The number of benzene rings is 2. The van der Waals surface area contributed by atoms with E-state index < -0.39 is 32.4 Å². The summed E-state index contributed by atoms with van der Waals surface area (Å²) in [5, 5.41) is 3.89. The average Bonchev–Trinajstić information content (AvgIpc) is 2.88. The molecule has 8 nitrogen and oxygen atoms in total. The molecular weight excluding hydrogens is 507 g/mol. The van der Waals surface area contributed by atoms with Crippen LogP contribution in [0.3, 0.4) is 0 Å². The number of hydrogen-bond donors (Lipinski definition) is 2. The molecule has 1 fully saturated rings. The highest BCUT2D eigenvalue weighted by Crippen LogP contribution is 2.35. The predicted octanol–water partition coefficient (Wildman–Crippen LogP) is 3.93. The Morgan fingerprint density at radius 3 is 2.49 bits per heavy atom. The van der Waals surface area contributed by atoms with Gasteiger partial charge >= 0.3 is 0 Å². The molecule has 3 heterocycles. The van der Waals surface area contributed by atoms with E-state index in [1.807, 2.05) is 6.07 Å². The summed E-state index contributed by atoms with van der Waals surface area (Å²) in [4.78, 5) is 9.76. The molecule has 2 aromatic carbocycles. The highest BCUT2D eigenvalue weighted by molar-refractivity contribution is 7.92. The summed E-state index contributed by atoms with van der Waals surface area (Å²) in [5.74, 6) is -2.79. The van der Waals surface area contributed by atoms with Gasteiger partial charge in [0.2, 0.25) is 5.88 Å². The van der Waals surface area contributed by atoms with E-state index in [0.29, 0.717) is 22.6 Å². The van der Waals surface area contributed by atoms with Crippen LogP contribution in [0.15, 0.2) is 59.8 Å². The van der Waals surface area contributed by atoms with Crippen molar-refractivity contribution in [1.29, 1.82) is 0 Å². The van der Waals surface area contributed by atoms with Crippen LogP contribution in [0.25, 0.3) is 22.0 Å². The van der Waals surface area contributed by atoms with Gasteiger partial charge in [-0.15, -0.1) is 0 Å². The molecule has 1 aliphatic heterocycles. The lowest BCUT2D eigenvalue weighted by Gasteiger charge is -2.30. The van der Waals surface area contributed by atoms with E-state index in [1.165, 1.54) is 25.4 Å². The SMILES string of the molecule is COc1ncc(-c2cc(F)c3nccc(N4CCNCC4)c3c2)cc1NS(=O)(=O)c1ccc(F)cc1F. The lowest BCUT2D eigenvalue weighted by atomic mass is 10.0. The van der Waals surface area contributed by atoms with E-state index >= 15 is 4.39 Å². The van der Waals surface area contributed by atoms with Crippen LogP contribution in [0.5, 0.6) is 5.88 Å². The second-order valence-electron chi connectivity index (χ2n) is 8.38. The van der Waals surface area contributed by atoms with Crippen molar-refractivity contribution in [2.75, 3.05) is 42.9 Å². The van der Waals surface area contributed by atoms with Crippen molar-refractivity contribution >= 4 is 32.3 Å². The molecule has 0 saturated carbocycles. The Morgan fingerprint density at radius 1 is 0.973 bits per heavy atom. The first kappa shape index (κ1) is 24.8. The minimum Gasteiger partial charge on any atom is -0.480 e. The molecular formula is C25H22F3N5O3S. The number of hydrogen-bond acceptors (Lipinski definition) is 7. The zero-order chi connectivity index (χ0) is 26.2. The number of rotatable bonds is 6. The van der Waals surface area contributed by atoms with Gasteiger partial charge in [-0.1, -0.05) is 0 Å². The van der Waals surface area contributed by atoms with Crippen LogP contribution in [-0.4, -0.2) is 51.7 Å². The maximum absolute atomic E-state index is 15.2. The normalized spacial score (nSPS) is 14.1. The summed E-state index contributed by atoms with van der Waals surface area (Å²) in [6.07, 6.45) is 2.98. The van der Waals surface area contributed by atoms with Crippen molar-refractivity contribution in [2.45, 2.75) is 4.90 Å². The number of nitrogens with zero attached hydrogens (tertiary/aromatic N) is 3. The lowest BCUT2D eigenvalue weighted by Crippen LogP contribution is -2.43. The average molecular weight is 530 g/mol. The number of anilines is 2. The maximum Gasteiger partial charge on any atom is 0.264 e. The van der Waals surface area contributed by atoms with Crippen LogP contribution >= 0.6 is 0 Å². The fraction of sp³-hybridized carbons (Fsp3) is 0.200. The Balaban J connectivity index is 1.58. The molecule has 1 saturated heterocycles. The first-order chi connectivity index (χ1) is 17.8. The standard InChI is InChI=1S/C25H22F3N5O3S/c1-36-25-21(32-37(34,35)23-3-2-17(26)13-19(23)27)12-16(14-31-25)15-10-18-22(33-8-6-29-7-9-33)4-5-30-24(18)20(28)11-15/h2-5,10-14,29,32H,6-9H2,1H3. The van der Waals surface area contributed by atoms with E-state index in [1.54, 1.807) is 12.3 Å². The van der Waals surface area contributed by atoms with E-state index in [-0.39, 0.29) is 17.1 Å². The molecule has 0 spiro atoms. The van der Waals surface area contributed by atoms with Gasteiger partial charge in [-0.05, 0) is 42.0 Å². The van der Waals surface area contributed by atoms with Crippen molar-refractivity contribution in [1.82, 2.24) is 15.3 Å². The van der Waals surface area contributed by atoms with Gasteiger partial charge in [-0.25, -0.2) is 26.6 Å².